The van der Waals surface area contributed by atoms with Crippen molar-refractivity contribution >= 4 is 29.4 Å². The summed E-state index contributed by atoms with van der Waals surface area (Å²) < 4.78 is 15.8. The normalized spacial score (nSPS) is 10.3. The lowest BCUT2D eigenvalue weighted by Crippen LogP contribution is -2.38. The van der Waals surface area contributed by atoms with E-state index in [1.807, 2.05) is 13.8 Å². The van der Waals surface area contributed by atoms with Crippen molar-refractivity contribution in [3.05, 3.63) is 22.7 Å². The standard InChI is InChI=1S/C18H25ClN2O6/c1-5-20-15(22)8-21-16(23)10-27-18(24)12-6-13(19)17(14(7-12)25-4)26-9-11(2)3/h6-7,11H,5,8-10H2,1-4H3,(H,20,22)(H,21,23). The smallest absolute Gasteiger partial charge is 0.338 e. The Hall–Kier alpha value is -2.48. The average molecular weight is 401 g/mol. The molecule has 0 aliphatic carbocycles. The first-order valence-electron chi connectivity index (χ1n) is 8.49. The first-order valence-corrected chi connectivity index (χ1v) is 8.87. The predicted octanol–water partition coefficient (Wildman–Crippen LogP) is 1.79. The Morgan fingerprint density at radius 1 is 1.15 bits per heavy atom. The van der Waals surface area contributed by atoms with Crippen LogP contribution in [0.15, 0.2) is 12.1 Å². The van der Waals surface area contributed by atoms with E-state index in [0.717, 1.165) is 0 Å². The third-order valence-electron chi connectivity index (χ3n) is 3.18. The molecule has 8 nitrogen and oxygen atoms in total. The Bertz CT molecular complexity index is 678. The summed E-state index contributed by atoms with van der Waals surface area (Å²) in [6, 6.07) is 2.81. The van der Waals surface area contributed by atoms with Crippen LogP contribution in [0.3, 0.4) is 0 Å². The highest BCUT2D eigenvalue weighted by Gasteiger charge is 2.18. The Labute approximate surface area is 163 Å². The first kappa shape index (κ1) is 22.6. The van der Waals surface area contributed by atoms with Gasteiger partial charge in [0.15, 0.2) is 18.1 Å². The zero-order valence-electron chi connectivity index (χ0n) is 15.9. The molecule has 0 spiro atoms. The third kappa shape index (κ3) is 7.74. The second kappa shape index (κ2) is 11.3. The van der Waals surface area contributed by atoms with Crippen molar-refractivity contribution in [2.75, 3.05) is 33.4 Å². The largest absolute Gasteiger partial charge is 0.493 e. The molecule has 1 rings (SSSR count). The topological polar surface area (TPSA) is 103 Å². The molecule has 27 heavy (non-hydrogen) atoms. The maximum atomic E-state index is 12.2. The van der Waals surface area contributed by atoms with E-state index in [1.54, 1.807) is 6.92 Å². The number of methoxy groups -OCH3 is 1. The summed E-state index contributed by atoms with van der Waals surface area (Å²) >= 11 is 6.18. The molecule has 0 saturated carbocycles. The van der Waals surface area contributed by atoms with Crippen LogP contribution >= 0.6 is 11.6 Å². The molecule has 1 aromatic carbocycles. The number of benzene rings is 1. The monoisotopic (exact) mass is 400 g/mol. The first-order chi connectivity index (χ1) is 12.8. The Balaban J connectivity index is 2.68. The van der Waals surface area contributed by atoms with Gasteiger partial charge in [-0.05, 0) is 25.0 Å². The molecule has 0 radical (unpaired) electrons. The second-order valence-corrected chi connectivity index (χ2v) is 6.41. The van der Waals surface area contributed by atoms with Crippen molar-refractivity contribution in [3.8, 4) is 11.5 Å². The maximum Gasteiger partial charge on any atom is 0.338 e. The van der Waals surface area contributed by atoms with Gasteiger partial charge < -0.3 is 24.8 Å². The minimum absolute atomic E-state index is 0.116. The van der Waals surface area contributed by atoms with Crippen molar-refractivity contribution in [3.63, 3.8) is 0 Å². The van der Waals surface area contributed by atoms with Gasteiger partial charge in [-0.3, -0.25) is 9.59 Å². The molecule has 0 heterocycles. The van der Waals surface area contributed by atoms with Crippen LogP contribution in [0.4, 0.5) is 0 Å². The number of hydrogen-bond donors (Lipinski definition) is 2. The average Bonchev–Trinajstić information content (AvgIpc) is 2.62. The molecule has 0 aliphatic heterocycles. The number of likely N-dealkylation sites (N-methyl/N-ethyl adjacent to an activating group) is 1. The molecule has 1 aromatic rings. The number of hydrogen-bond acceptors (Lipinski definition) is 6. The number of ether oxygens (including phenoxy) is 3. The van der Waals surface area contributed by atoms with E-state index in [4.69, 9.17) is 25.8 Å². The van der Waals surface area contributed by atoms with Crippen LogP contribution in [0.5, 0.6) is 11.5 Å². The van der Waals surface area contributed by atoms with E-state index in [9.17, 15) is 14.4 Å². The zero-order chi connectivity index (χ0) is 20.4. The van der Waals surface area contributed by atoms with Crippen LogP contribution < -0.4 is 20.1 Å². The van der Waals surface area contributed by atoms with Gasteiger partial charge in [0.05, 0.1) is 30.8 Å². The van der Waals surface area contributed by atoms with Gasteiger partial charge in [-0.2, -0.15) is 0 Å². The maximum absolute atomic E-state index is 12.2. The molecular weight excluding hydrogens is 376 g/mol. The van der Waals surface area contributed by atoms with E-state index >= 15 is 0 Å². The molecule has 0 aliphatic rings. The van der Waals surface area contributed by atoms with Gasteiger partial charge in [0.2, 0.25) is 5.91 Å². The summed E-state index contributed by atoms with van der Waals surface area (Å²) in [5, 5.41) is 5.07. The molecule has 0 atom stereocenters. The molecule has 150 valence electrons. The molecule has 0 aromatic heterocycles. The van der Waals surface area contributed by atoms with Gasteiger partial charge in [0, 0.05) is 6.54 Å². The summed E-state index contributed by atoms with van der Waals surface area (Å²) in [5.74, 6) is -0.762. The fourth-order valence-electron chi connectivity index (χ4n) is 1.93. The van der Waals surface area contributed by atoms with E-state index in [-0.39, 0.29) is 34.7 Å². The minimum Gasteiger partial charge on any atom is -0.493 e. The summed E-state index contributed by atoms with van der Waals surface area (Å²) in [4.78, 5) is 35.1. The lowest BCUT2D eigenvalue weighted by atomic mass is 10.2. The summed E-state index contributed by atoms with van der Waals surface area (Å²) in [5.41, 5.74) is 0.116. The highest BCUT2D eigenvalue weighted by molar-refractivity contribution is 6.32. The van der Waals surface area contributed by atoms with Crippen molar-refractivity contribution in [1.82, 2.24) is 10.6 Å². The number of nitrogens with one attached hydrogen (secondary N) is 2. The van der Waals surface area contributed by atoms with Gasteiger partial charge in [0.1, 0.15) is 0 Å². The number of rotatable bonds is 10. The number of carbonyl (C=O) groups excluding carboxylic acids is 3. The molecule has 0 bridgehead atoms. The van der Waals surface area contributed by atoms with Crippen molar-refractivity contribution in [1.29, 1.82) is 0 Å². The molecule has 9 heteroatoms. The van der Waals surface area contributed by atoms with Crippen LogP contribution in [0.1, 0.15) is 31.1 Å². The van der Waals surface area contributed by atoms with Crippen LogP contribution in [0.25, 0.3) is 0 Å². The Morgan fingerprint density at radius 2 is 1.85 bits per heavy atom. The molecule has 2 amide bonds. The van der Waals surface area contributed by atoms with Crippen LogP contribution in [0, 0.1) is 5.92 Å². The van der Waals surface area contributed by atoms with Crippen molar-refractivity contribution in [2.24, 2.45) is 5.92 Å². The lowest BCUT2D eigenvalue weighted by molar-refractivity contribution is -0.127. The van der Waals surface area contributed by atoms with E-state index in [0.29, 0.717) is 18.9 Å². The molecule has 0 saturated heterocycles. The quantitative estimate of drug-likeness (QED) is 0.580. The fourth-order valence-corrected chi connectivity index (χ4v) is 2.20. The van der Waals surface area contributed by atoms with Crippen LogP contribution in [0.2, 0.25) is 5.02 Å². The highest BCUT2D eigenvalue weighted by atomic mass is 35.5. The molecule has 0 unspecified atom stereocenters. The number of esters is 1. The summed E-state index contributed by atoms with van der Waals surface area (Å²) in [7, 11) is 1.43. The Morgan fingerprint density at radius 3 is 2.44 bits per heavy atom. The van der Waals surface area contributed by atoms with Crippen LogP contribution in [-0.4, -0.2) is 51.2 Å². The predicted molar refractivity (Wildman–Crippen MR) is 100 cm³/mol. The molecule has 0 fully saturated rings. The highest BCUT2D eigenvalue weighted by Crippen LogP contribution is 2.36. The second-order valence-electron chi connectivity index (χ2n) is 6.00. The van der Waals surface area contributed by atoms with Gasteiger partial charge >= 0.3 is 5.97 Å². The van der Waals surface area contributed by atoms with Gasteiger partial charge in [0.25, 0.3) is 5.91 Å². The molecular formula is C18H25ClN2O6. The number of halogens is 1. The number of carbonyl (C=O) groups is 3. The Kier molecular flexibility index (Phi) is 9.42. The summed E-state index contributed by atoms with van der Waals surface area (Å²) in [6.45, 7) is 5.93. The summed E-state index contributed by atoms with van der Waals surface area (Å²) in [6.07, 6.45) is 0. The van der Waals surface area contributed by atoms with Crippen molar-refractivity contribution in [2.45, 2.75) is 20.8 Å². The van der Waals surface area contributed by atoms with E-state index in [1.165, 1.54) is 19.2 Å². The van der Waals surface area contributed by atoms with Crippen LogP contribution in [-0.2, 0) is 14.3 Å². The van der Waals surface area contributed by atoms with Gasteiger partial charge in [-0.15, -0.1) is 0 Å². The lowest BCUT2D eigenvalue weighted by Gasteiger charge is -2.15. The zero-order valence-corrected chi connectivity index (χ0v) is 16.6. The van der Waals surface area contributed by atoms with E-state index < -0.39 is 18.5 Å². The SMILES string of the molecule is CCNC(=O)CNC(=O)COC(=O)c1cc(Cl)c(OCC(C)C)c(OC)c1. The van der Waals surface area contributed by atoms with Gasteiger partial charge in [-0.25, -0.2) is 4.79 Å². The van der Waals surface area contributed by atoms with Crippen molar-refractivity contribution < 1.29 is 28.6 Å². The molecule has 2 N–H and O–H groups in total. The third-order valence-corrected chi connectivity index (χ3v) is 3.46. The fraction of sp³-hybridized carbons (Fsp3) is 0.500. The van der Waals surface area contributed by atoms with E-state index in [2.05, 4.69) is 10.6 Å². The number of amides is 2. The minimum atomic E-state index is -0.751. The van der Waals surface area contributed by atoms with Gasteiger partial charge in [-0.1, -0.05) is 25.4 Å².